The van der Waals surface area contributed by atoms with E-state index in [1.54, 1.807) is 49.7 Å². The van der Waals surface area contributed by atoms with Gasteiger partial charge in [-0.05, 0) is 19.4 Å². The highest BCUT2D eigenvalue weighted by molar-refractivity contribution is 6.06. The van der Waals surface area contributed by atoms with Gasteiger partial charge >= 0.3 is 11.9 Å². The fraction of sp³-hybridized carbons (Fsp3) is 0.250. The number of ether oxygens (including phenoxy) is 1. The monoisotopic (exact) mass is 287 g/mol. The third kappa shape index (κ3) is 2.54. The predicted molar refractivity (Wildman–Crippen MR) is 78.5 cm³/mol. The Bertz CT molecular complexity index is 686. The normalized spacial score (nSPS) is 10.4. The van der Waals surface area contributed by atoms with Crippen LogP contribution in [0.1, 0.15) is 33.5 Å². The second-order valence-corrected chi connectivity index (χ2v) is 4.63. The summed E-state index contributed by atoms with van der Waals surface area (Å²) in [5, 5.41) is 9.49. The van der Waals surface area contributed by atoms with Crippen LogP contribution < -0.4 is 0 Å². The van der Waals surface area contributed by atoms with Gasteiger partial charge in [-0.25, -0.2) is 9.59 Å². The zero-order valence-corrected chi connectivity index (χ0v) is 12.2. The van der Waals surface area contributed by atoms with Crippen molar-refractivity contribution in [3.05, 3.63) is 47.3 Å². The first-order valence-electron chi connectivity index (χ1n) is 6.64. The van der Waals surface area contributed by atoms with Crippen molar-refractivity contribution in [3.8, 4) is 11.1 Å². The third-order valence-corrected chi connectivity index (χ3v) is 3.43. The van der Waals surface area contributed by atoms with Gasteiger partial charge in [-0.1, -0.05) is 30.3 Å². The molecule has 0 spiro atoms. The van der Waals surface area contributed by atoms with Crippen molar-refractivity contribution in [2.45, 2.75) is 13.8 Å². The molecule has 1 heterocycles. The lowest BCUT2D eigenvalue weighted by Crippen LogP contribution is -2.11. The molecule has 0 amide bonds. The zero-order chi connectivity index (χ0) is 15.6. The van der Waals surface area contributed by atoms with E-state index in [2.05, 4.69) is 0 Å². The van der Waals surface area contributed by atoms with E-state index in [4.69, 9.17) is 4.74 Å². The molecule has 110 valence electrons. The molecule has 0 fully saturated rings. The van der Waals surface area contributed by atoms with Gasteiger partial charge in [0.05, 0.1) is 12.2 Å². The van der Waals surface area contributed by atoms with Gasteiger partial charge in [-0.15, -0.1) is 0 Å². The first-order chi connectivity index (χ1) is 9.99. The van der Waals surface area contributed by atoms with E-state index < -0.39 is 11.9 Å². The molecule has 0 aliphatic carbocycles. The maximum atomic E-state index is 12.2. The summed E-state index contributed by atoms with van der Waals surface area (Å²) in [4.78, 5) is 23.8. The van der Waals surface area contributed by atoms with Gasteiger partial charge in [0, 0.05) is 18.3 Å². The summed E-state index contributed by atoms with van der Waals surface area (Å²) < 4.78 is 6.64. The van der Waals surface area contributed by atoms with Crippen molar-refractivity contribution in [2.75, 3.05) is 6.61 Å². The number of carbonyl (C=O) groups is 2. The van der Waals surface area contributed by atoms with Crippen molar-refractivity contribution in [1.29, 1.82) is 0 Å². The molecule has 2 aromatic rings. The molecule has 0 unspecified atom stereocenters. The maximum absolute atomic E-state index is 12.2. The zero-order valence-electron chi connectivity index (χ0n) is 12.2. The average molecular weight is 287 g/mol. The number of hydrogen-bond donors (Lipinski definition) is 1. The van der Waals surface area contributed by atoms with E-state index in [0.29, 0.717) is 16.8 Å². The van der Waals surface area contributed by atoms with Gasteiger partial charge in [0.15, 0.2) is 0 Å². The van der Waals surface area contributed by atoms with Gasteiger partial charge in [0.1, 0.15) is 5.69 Å². The molecule has 1 aromatic carbocycles. The largest absolute Gasteiger partial charge is 0.478 e. The molecule has 0 saturated carbocycles. The average Bonchev–Trinajstić information content (AvgIpc) is 2.72. The van der Waals surface area contributed by atoms with Gasteiger partial charge < -0.3 is 14.4 Å². The number of carboxylic acids is 1. The molecular weight excluding hydrogens is 270 g/mol. The highest BCUT2D eigenvalue weighted by atomic mass is 16.5. The first-order valence-corrected chi connectivity index (χ1v) is 6.64. The molecule has 1 aromatic heterocycles. The minimum absolute atomic E-state index is 0.131. The molecule has 21 heavy (non-hydrogen) atoms. The molecule has 0 atom stereocenters. The molecule has 5 nitrogen and oxygen atoms in total. The lowest BCUT2D eigenvalue weighted by molar-refractivity contribution is 0.0515. The van der Waals surface area contributed by atoms with Gasteiger partial charge in [0.25, 0.3) is 0 Å². The molecule has 1 N–H and O–H groups in total. The summed E-state index contributed by atoms with van der Waals surface area (Å²) in [6, 6.07) is 9.01. The number of esters is 1. The number of rotatable bonds is 4. The second kappa shape index (κ2) is 5.83. The molecule has 0 saturated heterocycles. The maximum Gasteiger partial charge on any atom is 0.355 e. The standard InChI is InChI=1S/C16H17NO4/c1-4-21-16(20)14-13(11-8-6-5-7-9-11)12(15(18)19)10(2)17(14)3/h5-9H,4H2,1-3H3,(H,18,19). The van der Waals surface area contributed by atoms with Crippen LogP contribution in [0.25, 0.3) is 11.1 Å². The number of aromatic carboxylic acids is 1. The Kier molecular flexibility index (Phi) is 4.12. The number of carbonyl (C=O) groups excluding carboxylic acids is 1. The molecule has 0 radical (unpaired) electrons. The molecule has 0 aliphatic heterocycles. The van der Waals surface area contributed by atoms with Crippen LogP contribution >= 0.6 is 0 Å². The van der Waals surface area contributed by atoms with E-state index in [-0.39, 0.29) is 17.9 Å². The van der Waals surface area contributed by atoms with Crippen LogP contribution in [0, 0.1) is 6.92 Å². The highest BCUT2D eigenvalue weighted by Crippen LogP contribution is 2.32. The van der Waals surface area contributed by atoms with Crippen molar-refractivity contribution in [1.82, 2.24) is 4.57 Å². The molecule has 5 heteroatoms. The Morgan fingerprint density at radius 3 is 2.38 bits per heavy atom. The number of benzene rings is 1. The minimum atomic E-state index is -1.06. The molecular formula is C16H17NO4. The molecule has 0 aliphatic rings. The van der Waals surface area contributed by atoms with Crippen LogP contribution in [-0.4, -0.2) is 28.2 Å². The van der Waals surface area contributed by atoms with Gasteiger partial charge in [0.2, 0.25) is 0 Å². The third-order valence-electron chi connectivity index (χ3n) is 3.43. The summed E-state index contributed by atoms with van der Waals surface area (Å²) in [6.07, 6.45) is 0. The Hall–Kier alpha value is -2.56. The topological polar surface area (TPSA) is 68.5 Å². The number of carboxylic acid groups (broad SMARTS) is 1. The minimum Gasteiger partial charge on any atom is -0.478 e. The predicted octanol–water partition coefficient (Wildman–Crippen LogP) is 2.88. The van der Waals surface area contributed by atoms with E-state index >= 15 is 0 Å². The number of aromatic nitrogens is 1. The van der Waals surface area contributed by atoms with Crippen LogP contribution in [0.5, 0.6) is 0 Å². The molecule has 0 bridgehead atoms. The summed E-state index contributed by atoms with van der Waals surface area (Å²) >= 11 is 0. The SMILES string of the molecule is CCOC(=O)c1c(-c2ccccc2)c(C(=O)O)c(C)n1C. The van der Waals surface area contributed by atoms with Crippen LogP contribution in [0.3, 0.4) is 0 Å². The van der Waals surface area contributed by atoms with Crippen molar-refractivity contribution in [2.24, 2.45) is 7.05 Å². The Morgan fingerprint density at radius 1 is 1.24 bits per heavy atom. The lowest BCUT2D eigenvalue weighted by Gasteiger charge is -2.07. The summed E-state index contributed by atoms with van der Waals surface area (Å²) in [7, 11) is 1.67. The summed E-state index contributed by atoms with van der Waals surface area (Å²) in [5.41, 5.74) is 2.00. The summed E-state index contributed by atoms with van der Waals surface area (Å²) in [5.74, 6) is -1.58. The lowest BCUT2D eigenvalue weighted by atomic mass is 10.00. The van der Waals surface area contributed by atoms with E-state index in [0.717, 1.165) is 0 Å². The first kappa shape index (κ1) is 14.8. The van der Waals surface area contributed by atoms with Crippen LogP contribution in [0.15, 0.2) is 30.3 Å². The van der Waals surface area contributed by atoms with Crippen LogP contribution in [0.2, 0.25) is 0 Å². The second-order valence-electron chi connectivity index (χ2n) is 4.63. The Balaban J connectivity index is 2.78. The fourth-order valence-corrected chi connectivity index (χ4v) is 2.39. The van der Waals surface area contributed by atoms with E-state index in [1.807, 2.05) is 6.07 Å². The van der Waals surface area contributed by atoms with Crippen molar-refractivity contribution in [3.63, 3.8) is 0 Å². The van der Waals surface area contributed by atoms with E-state index in [9.17, 15) is 14.7 Å². The quantitative estimate of drug-likeness (QED) is 0.878. The van der Waals surface area contributed by atoms with Crippen molar-refractivity contribution >= 4 is 11.9 Å². The van der Waals surface area contributed by atoms with Crippen LogP contribution in [0.4, 0.5) is 0 Å². The number of hydrogen-bond acceptors (Lipinski definition) is 3. The number of nitrogens with zero attached hydrogens (tertiary/aromatic N) is 1. The molecule has 2 rings (SSSR count). The Morgan fingerprint density at radius 2 is 1.86 bits per heavy atom. The van der Waals surface area contributed by atoms with Gasteiger partial charge in [-0.2, -0.15) is 0 Å². The Labute approximate surface area is 122 Å². The van der Waals surface area contributed by atoms with E-state index in [1.165, 1.54) is 0 Å². The van der Waals surface area contributed by atoms with Gasteiger partial charge in [-0.3, -0.25) is 0 Å². The fourth-order valence-electron chi connectivity index (χ4n) is 2.39. The van der Waals surface area contributed by atoms with Crippen molar-refractivity contribution < 1.29 is 19.4 Å². The highest BCUT2D eigenvalue weighted by Gasteiger charge is 2.28. The smallest absolute Gasteiger partial charge is 0.355 e. The van der Waals surface area contributed by atoms with Crippen LogP contribution in [-0.2, 0) is 11.8 Å². The summed E-state index contributed by atoms with van der Waals surface area (Å²) in [6.45, 7) is 3.63.